The highest BCUT2D eigenvalue weighted by atomic mass is 15.0. The van der Waals surface area contributed by atoms with Crippen LogP contribution in [0, 0.1) is 0 Å². The maximum absolute atomic E-state index is 2.67. The largest absolute Gasteiger partial charge is 0.309 e. The van der Waals surface area contributed by atoms with E-state index in [0.29, 0.717) is 0 Å². The maximum atomic E-state index is 2.67. The van der Waals surface area contributed by atoms with Crippen LogP contribution in [0.2, 0.25) is 0 Å². The first-order chi connectivity index (χ1) is 28.9. The van der Waals surface area contributed by atoms with Gasteiger partial charge in [0.25, 0.3) is 0 Å². The van der Waals surface area contributed by atoms with Crippen LogP contribution in [0.5, 0.6) is 0 Å². The first kappa shape index (κ1) is 41.6. The van der Waals surface area contributed by atoms with Crippen molar-refractivity contribution in [2.24, 2.45) is 0 Å². The summed E-state index contributed by atoms with van der Waals surface area (Å²) >= 11 is 0. The van der Waals surface area contributed by atoms with E-state index in [1.165, 1.54) is 134 Å². The van der Waals surface area contributed by atoms with E-state index >= 15 is 0 Å². The Labute approximate surface area is 360 Å². The van der Waals surface area contributed by atoms with Gasteiger partial charge in [0.05, 0.1) is 27.8 Å². The molecule has 0 fully saturated rings. The smallest absolute Gasteiger partial charge is 0.0547 e. The predicted molar refractivity (Wildman–Crippen MR) is 263 cm³/mol. The van der Waals surface area contributed by atoms with Gasteiger partial charge in [0.2, 0.25) is 0 Å². The molecule has 60 heavy (non-hydrogen) atoms. The molecule has 6 aromatic carbocycles. The molecule has 0 bridgehead atoms. The van der Waals surface area contributed by atoms with Crippen molar-refractivity contribution >= 4 is 43.6 Å². The van der Waals surface area contributed by atoms with Crippen LogP contribution in [0.4, 0.5) is 0 Å². The molecule has 0 saturated heterocycles. The molecule has 8 rings (SSSR count). The molecule has 2 heterocycles. The highest BCUT2D eigenvalue weighted by molar-refractivity contribution is 6.19. The Morgan fingerprint density at radius 1 is 0.433 bits per heavy atom. The summed E-state index contributed by atoms with van der Waals surface area (Å²) in [7, 11) is 0. The van der Waals surface area contributed by atoms with Crippen molar-refractivity contribution in [1.82, 2.24) is 9.13 Å². The van der Waals surface area contributed by atoms with Crippen molar-refractivity contribution in [2.45, 2.75) is 143 Å². The van der Waals surface area contributed by atoms with Gasteiger partial charge in [-0.15, -0.1) is 0 Å². The summed E-state index contributed by atoms with van der Waals surface area (Å²) in [5, 5.41) is 5.46. The van der Waals surface area contributed by atoms with Crippen molar-refractivity contribution in [3.05, 3.63) is 144 Å². The average molecular weight is 793 g/mol. The number of nitrogens with zero attached hydrogens (tertiary/aromatic N) is 2. The van der Waals surface area contributed by atoms with Crippen LogP contribution < -0.4 is 0 Å². The zero-order valence-electron chi connectivity index (χ0n) is 38.1. The topological polar surface area (TPSA) is 9.86 Å². The lowest BCUT2D eigenvalue weighted by atomic mass is 9.71. The van der Waals surface area contributed by atoms with Crippen molar-refractivity contribution in [2.75, 3.05) is 0 Å². The number of rotatable bonds is 14. The molecule has 0 saturated carbocycles. The Kier molecular flexibility index (Phi) is 11.6. The van der Waals surface area contributed by atoms with E-state index in [2.05, 4.69) is 199 Å². The number of para-hydroxylation sites is 1. The van der Waals surface area contributed by atoms with Crippen molar-refractivity contribution in [3.63, 3.8) is 0 Å². The Morgan fingerprint density at radius 2 is 0.950 bits per heavy atom. The second kappa shape index (κ2) is 16.8. The fourth-order valence-electron chi connectivity index (χ4n) is 10.1. The molecule has 2 nitrogen and oxygen atoms in total. The van der Waals surface area contributed by atoms with Gasteiger partial charge in [0.1, 0.15) is 0 Å². The van der Waals surface area contributed by atoms with Gasteiger partial charge < -0.3 is 9.13 Å². The molecule has 0 aliphatic heterocycles. The third-order valence-corrected chi connectivity index (χ3v) is 13.5. The molecule has 2 aromatic heterocycles. The van der Waals surface area contributed by atoms with Gasteiger partial charge in [0, 0.05) is 27.2 Å². The number of benzene rings is 6. The van der Waals surface area contributed by atoms with E-state index in [0.717, 1.165) is 12.8 Å². The molecule has 0 amide bonds. The Bertz CT molecular complexity index is 2660. The molecule has 0 spiro atoms. The zero-order valence-corrected chi connectivity index (χ0v) is 38.1. The molecule has 0 N–H and O–H groups in total. The van der Waals surface area contributed by atoms with E-state index in [1.807, 2.05) is 0 Å². The van der Waals surface area contributed by atoms with Crippen molar-refractivity contribution in [1.29, 1.82) is 0 Å². The summed E-state index contributed by atoms with van der Waals surface area (Å²) in [5.74, 6) is 0. The minimum absolute atomic E-state index is 0.0387. The molecule has 2 heteroatoms. The van der Waals surface area contributed by atoms with E-state index in [-0.39, 0.29) is 16.2 Å². The summed E-state index contributed by atoms with van der Waals surface area (Å²) in [6.45, 7) is 21.4. The van der Waals surface area contributed by atoms with Crippen LogP contribution in [0.1, 0.15) is 143 Å². The van der Waals surface area contributed by atoms with Gasteiger partial charge in [-0.25, -0.2) is 0 Å². The van der Waals surface area contributed by atoms with Gasteiger partial charge >= 0.3 is 0 Å². The minimum Gasteiger partial charge on any atom is -0.309 e. The molecule has 0 aliphatic rings. The van der Waals surface area contributed by atoms with Crippen LogP contribution >= 0.6 is 0 Å². The maximum Gasteiger partial charge on any atom is 0.0547 e. The Balaban J connectivity index is 1.57. The third kappa shape index (κ3) is 7.72. The number of hydrogen-bond acceptors (Lipinski definition) is 0. The van der Waals surface area contributed by atoms with Crippen LogP contribution in [0.15, 0.2) is 127 Å². The van der Waals surface area contributed by atoms with Crippen LogP contribution in [-0.2, 0) is 16.2 Å². The SMILES string of the molecule is CCCCCCC(C)(CCCCCC)c1c(-n2c3ccc(C(C)(C)C)cc3c3cc(C(C)(C)C)ccc32)ccc2c1c1c(-c3ccccc3)cccc1n2-c1ccccc1. The lowest BCUT2D eigenvalue weighted by Crippen LogP contribution is -2.25. The summed E-state index contributed by atoms with van der Waals surface area (Å²) in [5.41, 5.74) is 14.5. The molecule has 0 unspecified atom stereocenters. The van der Waals surface area contributed by atoms with Gasteiger partial charge in [0.15, 0.2) is 0 Å². The number of unbranched alkanes of at least 4 members (excludes halogenated alkanes) is 6. The monoisotopic (exact) mass is 793 g/mol. The second-order valence-corrected chi connectivity index (χ2v) is 20.1. The average Bonchev–Trinajstić information content (AvgIpc) is 3.76. The predicted octanol–water partition coefficient (Wildman–Crippen LogP) is 17.3. The van der Waals surface area contributed by atoms with Crippen LogP contribution in [-0.4, -0.2) is 9.13 Å². The fraction of sp³-hybridized carbons (Fsp3) is 0.379. The van der Waals surface area contributed by atoms with Gasteiger partial charge in [-0.2, -0.15) is 0 Å². The summed E-state index contributed by atoms with van der Waals surface area (Å²) in [6.07, 6.45) is 12.4. The number of hydrogen-bond donors (Lipinski definition) is 0. The quantitative estimate of drug-likeness (QED) is 0.0971. The van der Waals surface area contributed by atoms with Gasteiger partial charge in [-0.3, -0.25) is 0 Å². The van der Waals surface area contributed by atoms with Crippen LogP contribution in [0.25, 0.3) is 66.1 Å². The Morgan fingerprint density at radius 3 is 1.48 bits per heavy atom. The summed E-state index contributed by atoms with van der Waals surface area (Å²) in [4.78, 5) is 0. The fourth-order valence-corrected chi connectivity index (χ4v) is 10.1. The van der Waals surface area contributed by atoms with Crippen LogP contribution in [0.3, 0.4) is 0 Å². The highest BCUT2D eigenvalue weighted by Crippen LogP contribution is 2.50. The molecule has 0 atom stereocenters. The standard InChI is InChI=1S/C58H68N2/c1-10-12-14-22-37-58(9,38-23-15-13-11-2)55-52(60-48-33-31-42(56(3,4)5)39-46(48)47-40-43(57(6,7)8)32-34-49(47)60)36-35-51-54(55)53-45(41-25-18-16-19-26-41)29-24-30-50(53)59(51)44-27-20-17-21-28-44/h16-21,24-36,39-40H,10-15,22-23,37-38H2,1-9H3. The highest BCUT2D eigenvalue weighted by Gasteiger charge is 2.35. The first-order valence-corrected chi connectivity index (χ1v) is 23.2. The molecule has 8 aromatic rings. The van der Waals surface area contributed by atoms with Gasteiger partial charge in [-0.1, -0.05) is 186 Å². The van der Waals surface area contributed by atoms with Crippen molar-refractivity contribution < 1.29 is 0 Å². The normalized spacial score (nSPS) is 12.8. The van der Waals surface area contributed by atoms with E-state index in [4.69, 9.17) is 0 Å². The molecular formula is C58H68N2. The van der Waals surface area contributed by atoms with Gasteiger partial charge in [-0.05, 0) is 112 Å². The summed E-state index contributed by atoms with van der Waals surface area (Å²) < 4.78 is 5.22. The minimum atomic E-state index is -0.0739. The lowest BCUT2D eigenvalue weighted by molar-refractivity contribution is 0.366. The van der Waals surface area contributed by atoms with E-state index in [9.17, 15) is 0 Å². The molecular weight excluding hydrogens is 725 g/mol. The Hall–Kier alpha value is -5.08. The summed E-state index contributed by atoms with van der Waals surface area (Å²) in [6, 6.07) is 48.8. The zero-order chi connectivity index (χ0) is 42.2. The third-order valence-electron chi connectivity index (χ3n) is 13.5. The molecule has 0 radical (unpaired) electrons. The van der Waals surface area contributed by atoms with Crippen molar-refractivity contribution in [3.8, 4) is 22.5 Å². The molecule has 0 aliphatic carbocycles. The molecule has 310 valence electrons. The lowest BCUT2D eigenvalue weighted by Gasteiger charge is -2.34. The number of fused-ring (bicyclic) bond motifs is 6. The van der Waals surface area contributed by atoms with E-state index < -0.39 is 0 Å². The second-order valence-electron chi connectivity index (χ2n) is 20.1. The number of aromatic nitrogens is 2. The van der Waals surface area contributed by atoms with E-state index in [1.54, 1.807) is 0 Å². The first-order valence-electron chi connectivity index (χ1n) is 23.2.